The van der Waals surface area contributed by atoms with Crippen molar-refractivity contribution in [1.82, 2.24) is 15.1 Å². The summed E-state index contributed by atoms with van der Waals surface area (Å²) in [4.78, 5) is 2.51. The monoisotopic (exact) mass is 284 g/mol. The summed E-state index contributed by atoms with van der Waals surface area (Å²) in [7, 11) is 0. The minimum Gasteiger partial charge on any atom is -0.368 e. The summed E-state index contributed by atoms with van der Waals surface area (Å²) < 4.78 is 2.01. The SMILES string of the molecule is CCCC1CN(CCn2cccn2)c2ccccc2CN1. The van der Waals surface area contributed by atoms with E-state index < -0.39 is 0 Å². The Morgan fingerprint density at radius 2 is 2.14 bits per heavy atom. The van der Waals surface area contributed by atoms with E-state index in [1.165, 1.54) is 24.1 Å². The molecule has 1 aromatic carbocycles. The molecule has 0 amide bonds. The number of hydrogen-bond donors (Lipinski definition) is 1. The third-order valence-electron chi connectivity index (χ3n) is 4.15. The van der Waals surface area contributed by atoms with Gasteiger partial charge in [0.25, 0.3) is 0 Å². The third-order valence-corrected chi connectivity index (χ3v) is 4.15. The number of anilines is 1. The van der Waals surface area contributed by atoms with Crippen molar-refractivity contribution in [3.8, 4) is 0 Å². The van der Waals surface area contributed by atoms with Crippen LogP contribution in [-0.4, -0.2) is 28.9 Å². The lowest BCUT2D eigenvalue weighted by molar-refractivity contribution is 0.473. The van der Waals surface area contributed by atoms with E-state index in [0.29, 0.717) is 6.04 Å². The predicted octanol–water partition coefficient (Wildman–Crippen LogP) is 2.66. The molecule has 112 valence electrons. The number of aromatic nitrogens is 2. The van der Waals surface area contributed by atoms with Gasteiger partial charge in [-0.15, -0.1) is 0 Å². The van der Waals surface area contributed by atoms with Gasteiger partial charge in [-0.05, 0) is 24.1 Å². The number of hydrogen-bond acceptors (Lipinski definition) is 3. The molecule has 4 nitrogen and oxygen atoms in total. The second-order valence-electron chi connectivity index (χ2n) is 5.71. The van der Waals surface area contributed by atoms with Crippen LogP contribution in [0, 0.1) is 0 Å². The van der Waals surface area contributed by atoms with Crippen molar-refractivity contribution in [2.75, 3.05) is 18.0 Å². The summed E-state index contributed by atoms with van der Waals surface area (Å²) in [5.74, 6) is 0. The Kier molecular flexibility index (Phi) is 4.55. The van der Waals surface area contributed by atoms with E-state index in [2.05, 4.69) is 46.5 Å². The topological polar surface area (TPSA) is 33.1 Å². The first-order valence-electron chi connectivity index (χ1n) is 7.90. The zero-order chi connectivity index (χ0) is 14.5. The maximum Gasteiger partial charge on any atom is 0.0584 e. The van der Waals surface area contributed by atoms with Gasteiger partial charge >= 0.3 is 0 Å². The molecule has 0 radical (unpaired) electrons. The van der Waals surface area contributed by atoms with E-state index in [1.807, 2.05) is 23.1 Å². The minimum absolute atomic E-state index is 0.569. The summed E-state index contributed by atoms with van der Waals surface area (Å²) in [5, 5.41) is 8.01. The summed E-state index contributed by atoms with van der Waals surface area (Å²) in [6.07, 6.45) is 6.33. The molecule has 21 heavy (non-hydrogen) atoms. The fourth-order valence-electron chi connectivity index (χ4n) is 3.06. The van der Waals surface area contributed by atoms with E-state index in [1.54, 1.807) is 0 Å². The molecule has 1 atom stereocenters. The molecular weight excluding hydrogens is 260 g/mol. The first-order valence-corrected chi connectivity index (χ1v) is 7.90. The van der Waals surface area contributed by atoms with Crippen LogP contribution in [0.3, 0.4) is 0 Å². The van der Waals surface area contributed by atoms with Crippen molar-refractivity contribution >= 4 is 5.69 Å². The van der Waals surface area contributed by atoms with Gasteiger partial charge in [0.1, 0.15) is 0 Å². The zero-order valence-corrected chi connectivity index (χ0v) is 12.7. The van der Waals surface area contributed by atoms with Gasteiger partial charge in [-0.25, -0.2) is 0 Å². The molecule has 0 saturated heterocycles. The molecule has 1 unspecified atom stereocenters. The van der Waals surface area contributed by atoms with Gasteiger partial charge in [0.15, 0.2) is 0 Å². The number of para-hydroxylation sites is 1. The molecule has 2 aromatic rings. The number of rotatable bonds is 5. The zero-order valence-electron chi connectivity index (χ0n) is 12.7. The average molecular weight is 284 g/mol. The van der Waals surface area contributed by atoms with Gasteiger partial charge in [-0.1, -0.05) is 31.5 Å². The van der Waals surface area contributed by atoms with Gasteiger partial charge in [0.2, 0.25) is 0 Å². The molecule has 3 rings (SSSR count). The highest BCUT2D eigenvalue weighted by Gasteiger charge is 2.20. The molecule has 0 spiro atoms. The Morgan fingerprint density at radius 3 is 2.95 bits per heavy atom. The highest BCUT2D eigenvalue weighted by Crippen LogP contribution is 2.24. The normalized spacial score (nSPS) is 18.3. The molecule has 0 bridgehead atoms. The van der Waals surface area contributed by atoms with Crippen LogP contribution in [0.5, 0.6) is 0 Å². The summed E-state index contributed by atoms with van der Waals surface area (Å²) in [5.41, 5.74) is 2.77. The molecule has 1 N–H and O–H groups in total. The second-order valence-corrected chi connectivity index (χ2v) is 5.71. The summed E-state index contributed by atoms with van der Waals surface area (Å²) in [6.45, 7) is 6.24. The van der Waals surface area contributed by atoms with Crippen molar-refractivity contribution in [2.45, 2.75) is 38.9 Å². The van der Waals surface area contributed by atoms with Gasteiger partial charge in [0.05, 0.1) is 6.54 Å². The van der Waals surface area contributed by atoms with Crippen molar-refractivity contribution < 1.29 is 0 Å². The first-order chi connectivity index (χ1) is 10.4. The Bertz CT molecular complexity index is 550. The number of nitrogens with one attached hydrogen (secondary N) is 1. The molecule has 4 heteroatoms. The maximum absolute atomic E-state index is 4.31. The lowest BCUT2D eigenvalue weighted by Gasteiger charge is -2.27. The highest BCUT2D eigenvalue weighted by atomic mass is 15.3. The number of nitrogens with zero attached hydrogens (tertiary/aromatic N) is 3. The van der Waals surface area contributed by atoms with E-state index in [9.17, 15) is 0 Å². The third kappa shape index (κ3) is 3.45. The van der Waals surface area contributed by atoms with Gasteiger partial charge in [-0.2, -0.15) is 5.10 Å². The fourth-order valence-corrected chi connectivity index (χ4v) is 3.06. The van der Waals surface area contributed by atoms with E-state index >= 15 is 0 Å². The van der Waals surface area contributed by atoms with Crippen molar-refractivity contribution in [3.63, 3.8) is 0 Å². The number of fused-ring (bicyclic) bond motifs is 1. The summed E-state index contributed by atoms with van der Waals surface area (Å²) in [6, 6.07) is 11.3. The largest absolute Gasteiger partial charge is 0.368 e. The van der Waals surface area contributed by atoms with Crippen LogP contribution < -0.4 is 10.2 Å². The average Bonchev–Trinajstić information content (AvgIpc) is 2.96. The van der Waals surface area contributed by atoms with Crippen LogP contribution in [-0.2, 0) is 13.1 Å². The Balaban J connectivity index is 1.76. The van der Waals surface area contributed by atoms with Crippen LogP contribution in [0.25, 0.3) is 0 Å². The molecule has 0 fully saturated rings. The Labute approximate surface area is 126 Å². The van der Waals surface area contributed by atoms with Crippen LogP contribution in [0.2, 0.25) is 0 Å². The molecule has 1 aliphatic rings. The van der Waals surface area contributed by atoms with Crippen molar-refractivity contribution in [2.24, 2.45) is 0 Å². The highest BCUT2D eigenvalue weighted by molar-refractivity contribution is 5.54. The lowest BCUT2D eigenvalue weighted by Crippen LogP contribution is -2.39. The molecular formula is C17H24N4. The van der Waals surface area contributed by atoms with Crippen LogP contribution in [0.15, 0.2) is 42.7 Å². The lowest BCUT2D eigenvalue weighted by atomic mass is 10.1. The molecule has 0 saturated carbocycles. The molecule has 1 aliphatic heterocycles. The second kappa shape index (κ2) is 6.76. The van der Waals surface area contributed by atoms with Gasteiger partial charge < -0.3 is 10.2 Å². The van der Waals surface area contributed by atoms with Crippen LogP contribution in [0.1, 0.15) is 25.3 Å². The Morgan fingerprint density at radius 1 is 1.24 bits per heavy atom. The fraction of sp³-hybridized carbons (Fsp3) is 0.471. The molecule has 1 aromatic heterocycles. The van der Waals surface area contributed by atoms with Crippen LogP contribution >= 0.6 is 0 Å². The predicted molar refractivity (Wildman–Crippen MR) is 86.4 cm³/mol. The summed E-state index contributed by atoms with van der Waals surface area (Å²) >= 11 is 0. The first kappa shape index (κ1) is 14.1. The smallest absolute Gasteiger partial charge is 0.0584 e. The van der Waals surface area contributed by atoms with Crippen molar-refractivity contribution in [3.05, 3.63) is 48.3 Å². The Hall–Kier alpha value is -1.81. The van der Waals surface area contributed by atoms with E-state index in [4.69, 9.17) is 0 Å². The van der Waals surface area contributed by atoms with Gasteiger partial charge in [-0.3, -0.25) is 4.68 Å². The van der Waals surface area contributed by atoms with E-state index in [-0.39, 0.29) is 0 Å². The number of benzene rings is 1. The minimum atomic E-state index is 0.569. The molecule has 0 aliphatic carbocycles. The van der Waals surface area contributed by atoms with Crippen molar-refractivity contribution in [1.29, 1.82) is 0 Å². The van der Waals surface area contributed by atoms with Gasteiger partial charge in [0, 0.05) is 43.8 Å². The quantitative estimate of drug-likeness (QED) is 0.916. The molecule has 2 heterocycles. The standard InChI is InChI=1S/C17H24N4/c1-2-6-16-14-20(11-12-21-10-5-9-19-21)17-8-4-3-7-15(17)13-18-16/h3-5,7-10,16,18H,2,6,11-14H2,1H3. The maximum atomic E-state index is 4.31. The van der Waals surface area contributed by atoms with Crippen LogP contribution in [0.4, 0.5) is 5.69 Å². The van der Waals surface area contributed by atoms with E-state index in [0.717, 1.165) is 26.2 Å².